The van der Waals surface area contributed by atoms with Crippen molar-refractivity contribution in [3.63, 3.8) is 0 Å². The third-order valence-electron chi connectivity index (χ3n) is 3.51. The highest BCUT2D eigenvalue weighted by atomic mass is 123. The molecule has 0 bridgehead atoms. The molecule has 2 aromatic rings. The molecule has 2 unspecified atom stereocenters. The van der Waals surface area contributed by atoms with Crippen molar-refractivity contribution in [2.75, 3.05) is 19.7 Å². The number of morpholine rings is 1. The largest absolute Gasteiger partial charge is 0.482 e. The Morgan fingerprint density at radius 1 is 1.10 bits per heavy atom. The van der Waals surface area contributed by atoms with Gasteiger partial charge in [0.25, 0.3) is 0 Å². The van der Waals surface area contributed by atoms with Gasteiger partial charge >= 0.3 is 0 Å². The van der Waals surface area contributed by atoms with Gasteiger partial charge in [0.2, 0.25) is 0 Å². The molecule has 0 amide bonds. The predicted octanol–water partition coefficient (Wildman–Crippen LogP) is 3.40. The average molecular weight is 391 g/mol. The summed E-state index contributed by atoms with van der Waals surface area (Å²) in [4.78, 5) is 0. The number of benzene rings is 2. The fraction of sp³-hybridized carbons (Fsp3) is 0.294. The van der Waals surface area contributed by atoms with E-state index in [0.717, 1.165) is 34.6 Å². The summed E-state index contributed by atoms with van der Waals surface area (Å²) in [6.45, 7) is 2.44. The van der Waals surface area contributed by atoms with E-state index in [1.165, 1.54) is 0 Å². The summed E-state index contributed by atoms with van der Waals surface area (Å²) in [6, 6.07) is 18.4. The lowest BCUT2D eigenvalue weighted by molar-refractivity contribution is -0.0435. The van der Waals surface area contributed by atoms with Gasteiger partial charge in [-0.1, -0.05) is 42.5 Å². The Bertz CT molecular complexity index is 570. The second-order valence-corrected chi connectivity index (χ2v) is 6.16. The molecule has 21 heavy (non-hydrogen) atoms. The SMILES string of the molecule is [123I]c1ccccc1OC(c1ccccc1)C1CNCCO1. The highest BCUT2D eigenvalue weighted by Gasteiger charge is 2.28. The Labute approximate surface area is 138 Å². The summed E-state index contributed by atoms with van der Waals surface area (Å²) in [7, 11) is 0. The van der Waals surface area contributed by atoms with Gasteiger partial charge in [-0.2, -0.15) is 0 Å². The van der Waals surface area contributed by atoms with E-state index in [1.807, 2.05) is 36.4 Å². The smallest absolute Gasteiger partial charge is 0.151 e. The van der Waals surface area contributed by atoms with Crippen LogP contribution in [0.4, 0.5) is 0 Å². The molecule has 1 aliphatic heterocycles. The number of halogens is 1. The first-order chi connectivity index (χ1) is 10.3. The van der Waals surface area contributed by atoms with Crippen LogP contribution in [0.5, 0.6) is 5.75 Å². The minimum atomic E-state index is -0.102. The van der Waals surface area contributed by atoms with Gasteiger partial charge in [0, 0.05) is 13.1 Å². The first-order valence-corrected chi connectivity index (χ1v) is 8.21. The van der Waals surface area contributed by atoms with Crippen molar-refractivity contribution < 1.29 is 9.47 Å². The van der Waals surface area contributed by atoms with Crippen LogP contribution < -0.4 is 10.1 Å². The maximum atomic E-state index is 6.30. The third kappa shape index (κ3) is 3.75. The predicted molar refractivity (Wildman–Crippen MR) is 91.6 cm³/mol. The van der Waals surface area contributed by atoms with Gasteiger partial charge in [0.1, 0.15) is 11.9 Å². The third-order valence-corrected chi connectivity index (χ3v) is 4.40. The Morgan fingerprint density at radius 2 is 1.86 bits per heavy atom. The quantitative estimate of drug-likeness (QED) is 0.811. The summed E-state index contributed by atoms with van der Waals surface area (Å²) in [5.41, 5.74) is 1.14. The zero-order valence-electron chi connectivity index (χ0n) is 11.7. The van der Waals surface area contributed by atoms with Crippen LogP contribution in [-0.4, -0.2) is 25.8 Å². The Morgan fingerprint density at radius 3 is 2.57 bits per heavy atom. The van der Waals surface area contributed by atoms with Crippen LogP contribution in [0.2, 0.25) is 0 Å². The molecule has 1 fully saturated rings. The summed E-state index contributed by atoms with van der Waals surface area (Å²) >= 11 is 2.30. The molecular weight excluding hydrogens is 373 g/mol. The summed E-state index contributed by atoms with van der Waals surface area (Å²) in [5.74, 6) is 0.904. The van der Waals surface area contributed by atoms with Crippen LogP contribution in [-0.2, 0) is 4.74 Å². The summed E-state index contributed by atoms with van der Waals surface area (Å²) in [5, 5.41) is 3.38. The normalized spacial score (nSPS) is 20.0. The second-order valence-electron chi connectivity index (χ2n) is 4.99. The van der Waals surface area contributed by atoms with Crippen molar-refractivity contribution >= 4 is 22.6 Å². The van der Waals surface area contributed by atoms with Gasteiger partial charge in [0.05, 0.1) is 10.2 Å². The Kier molecular flexibility index (Phi) is 5.11. The van der Waals surface area contributed by atoms with Gasteiger partial charge in [0.15, 0.2) is 6.10 Å². The summed E-state index contributed by atoms with van der Waals surface area (Å²) < 4.78 is 13.3. The van der Waals surface area contributed by atoms with Gasteiger partial charge in [-0.05, 0) is 40.3 Å². The van der Waals surface area contributed by atoms with Gasteiger partial charge in [-0.25, -0.2) is 0 Å². The van der Waals surface area contributed by atoms with E-state index in [2.05, 4.69) is 46.1 Å². The molecular formula is C17H18INO2. The minimum absolute atomic E-state index is 0.0251. The van der Waals surface area contributed by atoms with Crippen molar-refractivity contribution in [2.45, 2.75) is 12.2 Å². The van der Waals surface area contributed by atoms with E-state index < -0.39 is 0 Å². The maximum Gasteiger partial charge on any atom is 0.151 e. The van der Waals surface area contributed by atoms with Crippen LogP contribution in [0.1, 0.15) is 11.7 Å². The van der Waals surface area contributed by atoms with Crippen molar-refractivity contribution in [3.05, 3.63) is 63.7 Å². The zero-order chi connectivity index (χ0) is 14.5. The molecule has 4 heteroatoms. The standard InChI is InChI=1S/C17H18INO2/c18-14-8-4-5-9-15(14)21-17(13-6-2-1-3-7-13)16-12-19-10-11-20-16/h1-9,16-17,19H,10-12H2/i18-4. The molecule has 1 heterocycles. The first kappa shape index (κ1) is 14.8. The Balaban J connectivity index is 1.87. The van der Waals surface area contributed by atoms with Gasteiger partial charge in [-0.3, -0.25) is 0 Å². The Hall–Kier alpha value is -1.11. The number of rotatable bonds is 4. The lowest BCUT2D eigenvalue weighted by Crippen LogP contribution is -2.43. The molecule has 0 spiro atoms. The van der Waals surface area contributed by atoms with E-state index in [9.17, 15) is 0 Å². The maximum absolute atomic E-state index is 6.30. The monoisotopic (exact) mass is 391 g/mol. The highest BCUT2D eigenvalue weighted by molar-refractivity contribution is 14.1. The van der Waals surface area contributed by atoms with Crippen LogP contribution >= 0.6 is 22.6 Å². The molecule has 2 aromatic carbocycles. The van der Waals surface area contributed by atoms with Crippen LogP contribution in [0.25, 0.3) is 0 Å². The first-order valence-electron chi connectivity index (χ1n) is 7.13. The molecule has 3 rings (SSSR count). The molecule has 1 saturated heterocycles. The number of ether oxygens (including phenoxy) is 2. The van der Waals surface area contributed by atoms with Crippen LogP contribution in [0.3, 0.4) is 0 Å². The molecule has 0 aromatic heterocycles. The molecule has 110 valence electrons. The van der Waals surface area contributed by atoms with E-state index in [1.54, 1.807) is 0 Å². The van der Waals surface area contributed by atoms with Crippen molar-refractivity contribution in [1.82, 2.24) is 5.32 Å². The van der Waals surface area contributed by atoms with Crippen molar-refractivity contribution in [3.8, 4) is 5.75 Å². The number of hydrogen-bond acceptors (Lipinski definition) is 3. The lowest BCUT2D eigenvalue weighted by Gasteiger charge is -2.31. The van der Waals surface area contributed by atoms with Crippen molar-refractivity contribution in [1.29, 1.82) is 0 Å². The average Bonchev–Trinajstić information content (AvgIpc) is 2.56. The second kappa shape index (κ2) is 7.24. The van der Waals surface area contributed by atoms with Crippen LogP contribution in [0, 0.1) is 3.57 Å². The molecule has 1 N–H and O–H groups in total. The fourth-order valence-corrected chi connectivity index (χ4v) is 2.97. The molecule has 3 nitrogen and oxygen atoms in total. The fourth-order valence-electron chi connectivity index (χ4n) is 2.46. The molecule has 0 saturated carbocycles. The molecule has 0 aliphatic carbocycles. The summed E-state index contributed by atoms with van der Waals surface area (Å²) in [6.07, 6.45) is -0.0768. The number of hydrogen-bond donors (Lipinski definition) is 1. The van der Waals surface area contributed by atoms with E-state index >= 15 is 0 Å². The van der Waals surface area contributed by atoms with Crippen molar-refractivity contribution in [2.24, 2.45) is 0 Å². The van der Waals surface area contributed by atoms with E-state index in [-0.39, 0.29) is 12.2 Å². The molecule has 0 radical (unpaired) electrons. The number of nitrogens with one attached hydrogen (secondary N) is 1. The number of para-hydroxylation sites is 1. The molecule has 2 atom stereocenters. The van der Waals surface area contributed by atoms with E-state index in [0.29, 0.717) is 0 Å². The zero-order valence-corrected chi connectivity index (χ0v) is 13.8. The highest BCUT2D eigenvalue weighted by Crippen LogP contribution is 2.30. The lowest BCUT2D eigenvalue weighted by atomic mass is 10.0. The van der Waals surface area contributed by atoms with Crippen LogP contribution in [0.15, 0.2) is 54.6 Å². The van der Waals surface area contributed by atoms with Gasteiger partial charge < -0.3 is 14.8 Å². The topological polar surface area (TPSA) is 30.5 Å². The minimum Gasteiger partial charge on any atom is -0.482 e. The van der Waals surface area contributed by atoms with Gasteiger partial charge in [-0.15, -0.1) is 0 Å². The van der Waals surface area contributed by atoms with E-state index in [4.69, 9.17) is 9.47 Å². The molecule has 1 aliphatic rings.